The van der Waals surface area contributed by atoms with Crippen LogP contribution in [-0.4, -0.2) is 74.4 Å². The lowest BCUT2D eigenvalue weighted by molar-refractivity contribution is -0.132. The van der Waals surface area contributed by atoms with Gasteiger partial charge in [-0.1, -0.05) is 0 Å². The molecule has 2 saturated heterocycles. The number of aromatic nitrogens is 3. The summed E-state index contributed by atoms with van der Waals surface area (Å²) in [6, 6.07) is 0. The maximum atomic E-state index is 12.1. The van der Waals surface area contributed by atoms with Gasteiger partial charge in [0.15, 0.2) is 0 Å². The molecule has 1 aromatic rings. The van der Waals surface area contributed by atoms with E-state index in [4.69, 9.17) is 5.73 Å². The van der Waals surface area contributed by atoms with E-state index in [0.717, 1.165) is 63.5 Å². The van der Waals surface area contributed by atoms with Crippen molar-refractivity contribution in [2.24, 2.45) is 12.8 Å². The Kier molecular flexibility index (Phi) is 6.03. The number of rotatable bonds is 5. The van der Waals surface area contributed by atoms with Crippen molar-refractivity contribution in [1.29, 1.82) is 0 Å². The Morgan fingerprint density at radius 1 is 1.24 bits per heavy atom. The topological polar surface area (TPSA) is 101 Å². The normalized spacial score (nSPS) is 23.2. The molecule has 3 heterocycles. The van der Waals surface area contributed by atoms with Crippen LogP contribution in [0.3, 0.4) is 0 Å². The Bertz CT molecular complexity index is 582. The highest BCUT2D eigenvalue weighted by Crippen LogP contribution is 2.26. The first kappa shape index (κ1) is 18.3. The molecule has 2 aliphatic rings. The van der Waals surface area contributed by atoms with Crippen LogP contribution < -0.4 is 5.73 Å². The first-order chi connectivity index (χ1) is 12.1. The number of hydrogen-bond acceptors (Lipinski definition) is 6. The van der Waals surface area contributed by atoms with Gasteiger partial charge >= 0.3 is 0 Å². The predicted molar refractivity (Wildman–Crippen MR) is 93.7 cm³/mol. The quantitative estimate of drug-likeness (QED) is 0.764. The van der Waals surface area contributed by atoms with Crippen molar-refractivity contribution >= 4 is 5.91 Å². The molecule has 0 bridgehead atoms. The molecule has 2 aliphatic heterocycles. The molecule has 8 heteroatoms. The average Bonchev–Trinajstić information content (AvgIpc) is 2.98. The fourth-order valence-electron chi connectivity index (χ4n) is 3.84. The van der Waals surface area contributed by atoms with Crippen LogP contribution in [0, 0.1) is 0 Å². The maximum Gasteiger partial charge on any atom is 0.223 e. The van der Waals surface area contributed by atoms with Crippen LogP contribution in [0.1, 0.15) is 49.7 Å². The molecule has 0 spiro atoms. The molecule has 1 atom stereocenters. The summed E-state index contributed by atoms with van der Waals surface area (Å²) in [6.07, 6.45) is 3.93. The second kappa shape index (κ2) is 8.25. The molecule has 1 amide bonds. The number of amides is 1. The van der Waals surface area contributed by atoms with Crippen molar-refractivity contribution in [1.82, 2.24) is 24.6 Å². The third-order valence-electron chi connectivity index (χ3n) is 5.42. The Morgan fingerprint density at radius 3 is 2.72 bits per heavy atom. The third-order valence-corrected chi connectivity index (χ3v) is 5.42. The lowest BCUT2D eigenvalue weighted by atomic mass is 9.97. The summed E-state index contributed by atoms with van der Waals surface area (Å²) in [4.78, 5) is 16.4. The summed E-state index contributed by atoms with van der Waals surface area (Å²) in [5.41, 5.74) is 5.51. The van der Waals surface area contributed by atoms with Crippen molar-refractivity contribution in [3.05, 3.63) is 11.6 Å². The predicted octanol–water partition coefficient (Wildman–Crippen LogP) is -0.173. The number of likely N-dealkylation sites (tertiary alicyclic amines) is 2. The van der Waals surface area contributed by atoms with E-state index >= 15 is 0 Å². The van der Waals surface area contributed by atoms with Crippen LogP contribution in [0.4, 0.5) is 0 Å². The molecule has 3 rings (SSSR count). The van der Waals surface area contributed by atoms with E-state index < -0.39 is 0 Å². The van der Waals surface area contributed by atoms with Crippen LogP contribution >= 0.6 is 0 Å². The molecular formula is C17H30N6O2. The minimum atomic E-state index is -0.161. The summed E-state index contributed by atoms with van der Waals surface area (Å²) in [5, 5.41) is 18.5. The smallest absolute Gasteiger partial charge is 0.223 e. The molecule has 140 valence electrons. The molecule has 3 N–H and O–H groups in total. The Hall–Kier alpha value is -1.51. The number of aliphatic hydroxyl groups is 1. The van der Waals surface area contributed by atoms with Gasteiger partial charge in [0.05, 0.1) is 12.6 Å². The van der Waals surface area contributed by atoms with E-state index in [1.807, 2.05) is 11.9 Å². The zero-order valence-corrected chi connectivity index (χ0v) is 15.1. The summed E-state index contributed by atoms with van der Waals surface area (Å²) >= 11 is 0. The first-order valence-electron chi connectivity index (χ1n) is 9.35. The van der Waals surface area contributed by atoms with Gasteiger partial charge in [-0.25, -0.2) is 0 Å². The van der Waals surface area contributed by atoms with Crippen LogP contribution in [0.25, 0.3) is 0 Å². The first-order valence-corrected chi connectivity index (χ1v) is 9.35. The number of carbonyl (C=O) groups is 1. The Morgan fingerprint density at radius 2 is 2.00 bits per heavy atom. The number of carbonyl (C=O) groups excluding carboxylic acids is 1. The second-order valence-corrected chi connectivity index (χ2v) is 7.26. The highest BCUT2D eigenvalue weighted by atomic mass is 16.3. The van der Waals surface area contributed by atoms with Crippen LogP contribution in [0.15, 0.2) is 0 Å². The van der Waals surface area contributed by atoms with Crippen LogP contribution in [0.5, 0.6) is 0 Å². The van der Waals surface area contributed by atoms with Crippen molar-refractivity contribution in [2.75, 3.05) is 32.7 Å². The molecule has 0 radical (unpaired) electrons. The standard InChI is InChI=1S/C17H30N6O2/c1-21-15(12-22-9-5-14(24)6-10-22)19-20-17(21)13-3-2-8-23(11-13)16(25)4-7-18/h13-14,24H,2-12,18H2,1H3/t13-/m1/s1. The fourth-order valence-corrected chi connectivity index (χ4v) is 3.84. The minimum absolute atomic E-state index is 0.140. The molecule has 25 heavy (non-hydrogen) atoms. The van der Waals surface area contributed by atoms with E-state index in [-0.39, 0.29) is 17.9 Å². The zero-order valence-electron chi connectivity index (χ0n) is 15.1. The van der Waals surface area contributed by atoms with Gasteiger partial charge in [-0.2, -0.15) is 0 Å². The minimum Gasteiger partial charge on any atom is -0.393 e. The van der Waals surface area contributed by atoms with E-state index in [9.17, 15) is 9.90 Å². The maximum absolute atomic E-state index is 12.1. The summed E-state index contributed by atoms with van der Waals surface area (Å²) in [5.74, 6) is 2.31. The Labute approximate surface area is 149 Å². The highest BCUT2D eigenvalue weighted by molar-refractivity contribution is 5.76. The van der Waals surface area contributed by atoms with Crippen LogP contribution in [0.2, 0.25) is 0 Å². The monoisotopic (exact) mass is 350 g/mol. The van der Waals surface area contributed by atoms with Gasteiger partial charge in [-0.3, -0.25) is 9.69 Å². The number of aliphatic hydroxyl groups excluding tert-OH is 1. The van der Waals surface area contributed by atoms with Gasteiger partial charge in [-0.05, 0) is 25.7 Å². The lowest BCUT2D eigenvalue weighted by Gasteiger charge is -2.32. The van der Waals surface area contributed by atoms with Gasteiger partial charge in [0, 0.05) is 52.1 Å². The average molecular weight is 350 g/mol. The van der Waals surface area contributed by atoms with Crippen molar-refractivity contribution in [2.45, 2.75) is 50.7 Å². The van der Waals surface area contributed by atoms with Gasteiger partial charge in [0.25, 0.3) is 0 Å². The summed E-state index contributed by atoms with van der Waals surface area (Å²) in [7, 11) is 2.02. The number of piperidine rings is 2. The molecule has 1 aromatic heterocycles. The summed E-state index contributed by atoms with van der Waals surface area (Å²) < 4.78 is 2.09. The highest BCUT2D eigenvalue weighted by Gasteiger charge is 2.28. The SMILES string of the molecule is Cn1c(CN2CCC(O)CC2)nnc1[C@@H]1CCCN(C(=O)CCN)C1. The molecule has 0 unspecified atom stereocenters. The Balaban J connectivity index is 1.63. The molecule has 0 aromatic carbocycles. The molecule has 8 nitrogen and oxygen atoms in total. The van der Waals surface area contributed by atoms with Gasteiger partial charge < -0.3 is 20.3 Å². The van der Waals surface area contributed by atoms with Gasteiger partial charge in [-0.15, -0.1) is 10.2 Å². The van der Waals surface area contributed by atoms with E-state index in [1.165, 1.54) is 0 Å². The number of nitrogens with zero attached hydrogens (tertiary/aromatic N) is 5. The van der Waals surface area contributed by atoms with E-state index in [1.54, 1.807) is 0 Å². The van der Waals surface area contributed by atoms with Crippen LogP contribution in [-0.2, 0) is 18.4 Å². The molecule has 0 aliphatic carbocycles. The molecule has 0 saturated carbocycles. The van der Waals surface area contributed by atoms with E-state index in [2.05, 4.69) is 19.7 Å². The lowest BCUT2D eigenvalue weighted by Crippen LogP contribution is -2.40. The van der Waals surface area contributed by atoms with Crippen molar-refractivity contribution in [3.8, 4) is 0 Å². The third kappa shape index (κ3) is 4.37. The second-order valence-electron chi connectivity index (χ2n) is 7.26. The number of nitrogens with two attached hydrogens (primary N) is 1. The van der Waals surface area contributed by atoms with Gasteiger partial charge in [0.2, 0.25) is 5.91 Å². The molecular weight excluding hydrogens is 320 g/mol. The summed E-state index contributed by atoms with van der Waals surface area (Å²) in [6.45, 7) is 4.48. The van der Waals surface area contributed by atoms with Gasteiger partial charge in [0.1, 0.15) is 11.6 Å². The largest absolute Gasteiger partial charge is 0.393 e. The fraction of sp³-hybridized carbons (Fsp3) is 0.824. The van der Waals surface area contributed by atoms with E-state index in [0.29, 0.717) is 19.5 Å². The number of hydrogen-bond donors (Lipinski definition) is 2. The zero-order chi connectivity index (χ0) is 17.8. The molecule has 2 fully saturated rings. The van der Waals surface area contributed by atoms with Crippen molar-refractivity contribution < 1.29 is 9.90 Å². The van der Waals surface area contributed by atoms with Crippen molar-refractivity contribution in [3.63, 3.8) is 0 Å².